The number of nitrogens with one attached hydrogen (secondary N) is 1. The molecule has 0 aliphatic heterocycles. The maximum Gasteiger partial charge on any atom is 0.146 e. The Hall–Kier alpha value is -2.66. The highest BCUT2D eigenvalue weighted by Crippen LogP contribution is 2.41. The van der Waals surface area contributed by atoms with Crippen molar-refractivity contribution in [3.8, 4) is 11.3 Å². The molecule has 26 heavy (non-hydrogen) atoms. The van der Waals surface area contributed by atoms with Gasteiger partial charge in [-0.15, -0.1) is 0 Å². The lowest BCUT2D eigenvalue weighted by molar-refractivity contribution is 0.0786. The molecule has 0 amide bonds. The zero-order valence-electron chi connectivity index (χ0n) is 15.4. The Balaban J connectivity index is 1.80. The first-order valence-electron chi connectivity index (χ1n) is 9.06. The van der Waals surface area contributed by atoms with Gasteiger partial charge in [0.1, 0.15) is 11.6 Å². The quantitative estimate of drug-likeness (QED) is 0.715. The molecule has 5 nitrogen and oxygen atoms in total. The number of fused-ring (bicyclic) bond motifs is 1. The van der Waals surface area contributed by atoms with Crippen molar-refractivity contribution in [3.05, 3.63) is 60.3 Å². The van der Waals surface area contributed by atoms with Crippen LogP contribution in [0.3, 0.4) is 0 Å². The number of anilines is 1. The number of nitrogens with zero attached hydrogens (tertiary/aromatic N) is 3. The van der Waals surface area contributed by atoms with Crippen LogP contribution in [-0.4, -0.2) is 19.5 Å². The Morgan fingerprint density at radius 2 is 1.96 bits per heavy atom. The van der Waals surface area contributed by atoms with Crippen LogP contribution in [0.5, 0.6) is 0 Å². The standard InChI is InChI=1S/C21H24N4O/c1-4-11-22-18-13-25-17(12-23-18)19(24-20(25)15-5-6-15)14-7-9-16(10-8-14)21(2,3)26/h4,7-13,15,22,26H,5-6H2,1-3H3/b11-4-. The van der Waals surface area contributed by atoms with Gasteiger partial charge >= 0.3 is 0 Å². The van der Waals surface area contributed by atoms with Gasteiger partial charge in [-0.2, -0.15) is 0 Å². The molecule has 0 saturated heterocycles. The van der Waals surface area contributed by atoms with Crippen molar-refractivity contribution in [2.24, 2.45) is 0 Å². The van der Waals surface area contributed by atoms with Crippen LogP contribution in [-0.2, 0) is 5.60 Å². The van der Waals surface area contributed by atoms with E-state index < -0.39 is 5.60 Å². The number of benzene rings is 1. The number of allylic oxidation sites excluding steroid dienone is 1. The molecular formula is C21H24N4O. The third-order valence-corrected chi connectivity index (χ3v) is 4.76. The summed E-state index contributed by atoms with van der Waals surface area (Å²) >= 11 is 0. The summed E-state index contributed by atoms with van der Waals surface area (Å²) in [4.78, 5) is 9.47. The van der Waals surface area contributed by atoms with Gasteiger partial charge in [-0.1, -0.05) is 30.3 Å². The first kappa shape index (κ1) is 16.8. The van der Waals surface area contributed by atoms with Gasteiger partial charge in [0.25, 0.3) is 0 Å². The first-order valence-corrected chi connectivity index (χ1v) is 9.06. The molecule has 1 aromatic carbocycles. The van der Waals surface area contributed by atoms with E-state index in [-0.39, 0.29) is 0 Å². The van der Waals surface area contributed by atoms with Crippen molar-refractivity contribution in [1.29, 1.82) is 0 Å². The van der Waals surface area contributed by atoms with E-state index in [0.29, 0.717) is 5.92 Å². The maximum atomic E-state index is 10.2. The molecule has 3 aromatic rings. The normalized spacial score (nSPS) is 15.1. The van der Waals surface area contributed by atoms with Crippen molar-refractivity contribution in [2.45, 2.75) is 45.1 Å². The van der Waals surface area contributed by atoms with Gasteiger partial charge < -0.3 is 10.4 Å². The molecule has 4 rings (SSSR count). The largest absolute Gasteiger partial charge is 0.386 e. The number of aliphatic hydroxyl groups is 1. The van der Waals surface area contributed by atoms with Crippen LogP contribution in [0.15, 0.2) is 48.9 Å². The summed E-state index contributed by atoms with van der Waals surface area (Å²) in [6.45, 7) is 5.55. The van der Waals surface area contributed by atoms with Crippen molar-refractivity contribution >= 4 is 11.3 Å². The lowest BCUT2D eigenvalue weighted by atomic mass is 9.97. The Bertz CT molecular complexity index is 960. The monoisotopic (exact) mass is 348 g/mol. The molecule has 1 fully saturated rings. The molecule has 0 atom stereocenters. The highest BCUT2D eigenvalue weighted by Gasteiger charge is 2.29. The Kier molecular flexibility index (Phi) is 4.04. The van der Waals surface area contributed by atoms with Gasteiger partial charge in [0.05, 0.1) is 29.2 Å². The van der Waals surface area contributed by atoms with E-state index in [9.17, 15) is 5.11 Å². The summed E-state index contributed by atoms with van der Waals surface area (Å²) in [6.07, 6.45) is 10.1. The van der Waals surface area contributed by atoms with Crippen LogP contribution in [0.4, 0.5) is 5.82 Å². The summed E-state index contributed by atoms with van der Waals surface area (Å²) in [5.41, 5.74) is 3.04. The molecule has 134 valence electrons. The van der Waals surface area contributed by atoms with E-state index >= 15 is 0 Å². The van der Waals surface area contributed by atoms with E-state index in [1.54, 1.807) is 13.8 Å². The minimum absolute atomic E-state index is 0.531. The highest BCUT2D eigenvalue weighted by atomic mass is 16.3. The van der Waals surface area contributed by atoms with E-state index in [0.717, 1.165) is 34.0 Å². The second-order valence-electron chi connectivity index (χ2n) is 7.40. The zero-order valence-corrected chi connectivity index (χ0v) is 15.4. The second kappa shape index (κ2) is 6.25. The molecule has 1 saturated carbocycles. The minimum Gasteiger partial charge on any atom is -0.386 e. The summed E-state index contributed by atoms with van der Waals surface area (Å²) in [5, 5.41) is 13.3. The van der Waals surface area contributed by atoms with Gasteiger partial charge in [0, 0.05) is 11.5 Å². The summed E-state index contributed by atoms with van der Waals surface area (Å²) in [7, 11) is 0. The van der Waals surface area contributed by atoms with Crippen molar-refractivity contribution in [3.63, 3.8) is 0 Å². The molecule has 1 aliphatic carbocycles. The van der Waals surface area contributed by atoms with Gasteiger partial charge in [-0.05, 0) is 45.4 Å². The molecule has 0 radical (unpaired) electrons. The Morgan fingerprint density at radius 3 is 2.58 bits per heavy atom. The summed E-state index contributed by atoms with van der Waals surface area (Å²) < 4.78 is 2.16. The van der Waals surface area contributed by atoms with Crippen molar-refractivity contribution < 1.29 is 5.11 Å². The van der Waals surface area contributed by atoms with E-state index in [1.807, 2.05) is 55.9 Å². The maximum absolute atomic E-state index is 10.2. The topological polar surface area (TPSA) is 62.5 Å². The summed E-state index contributed by atoms with van der Waals surface area (Å²) in [5.74, 6) is 2.44. The molecule has 0 bridgehead atoms. The Labute approximate surface area is 153 Å². The number of rotatable bonds is 5. The molecule has 5 heteroatoms. The third-order valence-electron chi connectivity index (χ3n) is 4.76. The van der Waals surface area contributed by atoms with E-state index in [1.165, 1.54) is 12.8 Å². The first-order chi connectivity index (χ1) is 12.5. The molecule has 0 spiro atoms. The minimum atomic E-state index is -0.844. The van der Waals surface area contributed by atoms with E-state index in [2.05, 4.69) is 14.7 Å². The fraction of sp³-hybridized carbons (Fsp3) is 0.333. The van der Waals surface area contributed by atoms with Crippen LogP contribution < -0.4 is 5.32 Å². The zero-order chi connectivity index (χ0) is 18.3. The molecule has 2 aromatic heterocycles. The van der Waals surface area contributed by atoms with Gasteiger partial charge in [-0.25, -0.2) is 9.97 Å². The molecule has 2 N–H and O–H groups in total. The average molecular weight is 348 g/mol. The van der Waals surface area contributed by atoms with Crippen LogP contribution in [0.1, 0.15) is 50.9 Å². The third kappa shape index (κ3) is 3.10. The van der Waals surface area contributed by atoms with E-state index in [4.69, 9.17) is 4.98 Å². The van der Waals surface area contributed by atoms with Gasteiger partial charge in [0.2, 0.25) is 0 Å². The van der Waals surface area contributed by atoms with Crippen molar-refractivity contribution in [2.75, 3.05) is 5.32 Å². The van der Waals surface area contributed by atoms with Crippen LogP contribution in [0.2, 0.25) is 0 Å². The fourth-order valence-electron chi connectivity index (χ4n) is 3.13. The Morgan fingerprint density at radius 1 is 1.23 bits per heavy atom. The molecule has 0 unspecified atom stereocenters. The smallest absolute Gasteiger partial charge is 0.146 e. The highest BCUT2D eigenvalue weighted by molar-refractivity contribution is 5.78. The fourth-order valence-corrected chi connectivity index (χ4v) is 3.13. The number of imidazole rings is 1. The van der Waals surface area contributed by atoms with Gasteiger partial charge in [-0.3, -0.25) is 4.40 Å². The van der Waals surface area contributed by atoms with Gasteiger partial charge in [0.15, 0.2) is 0 Å². The number of hydrogen-bond acceptors (Lipinski definition) is 4. The lowest BCUT2D eigenvalue weighted by Crippen LogP contribution is -2.14. The van der Waals surface area contributed by atoms with Crippen LogP contribution in [0.25, 0.3) is 16.8 Å². The van der Waals surface area contributed by atoms with Crippen LogP contribution >= 0.6 is 0 Å². The van der Waals surface area contributed by atoms with Crippen LogP contribution in [0, 0.1) is 0 Å². The molecule has 2 heterocycles. The lowest BCUT2D eigenvalue weighted by Gasteiger charge is -2.17. The number of hydrogen-bond donors (Lipinski definition) is 2. The summed E-state index contributed by atoms with van der Waals surface area (Å²) in [6, 6.07) is 7.98. The second-order valence-corrected chi connectivity index (χ2v) is 7.40. The predicted molar refractivity (Wildman–Crippen MR) is 104 cm³/mol. The average Bonchev–Trinajstić information content (AvgIpc) is 3.40. The SMILES string of the molecule is C/C=C\Nc1cn2c(C3CC3)nc(-c3ccc(C(C)(C)O)cc3)c2cn1. The predicted octanol–water partition coefficient (Wildman–Crippen LogP) is 4.45. The molecular weight excluding hydrogens is 324 g/mol. The van der Waals surface area contributed by atoms with Crippen molar-refractivity contribution in [1.82, 2.24) is 14.4 Å². The molecule has 1 aliphatic rings. The number of aromatic nitrogens is 3.